The van der Waals surface area contributed by atoms with E-state index < -0.39 is 6.09 Å². The molecule has 1 saturated heterocycles. The Morgan fingerprint density at radius 1 is 1.40 bits per heavy atom. The number of likely N-dealkylation sites (tertiary alicyclic amines) is 1. The van der Waals surface area contributed by atoms with Crippen LogP contribution in [0.3, 0.4) is 0 Å². The van der Waals surface area contributed by atoms with E-state index in [-0.39, 0.29) is 11.9 Å². The molecule has 1 saturated carbocycles. The highest BCUT2D eigenvalue weighted by atomic mass is 35.5. The van der Waals surface area contributed by atoms with Crippen molar-refractivity contribution in [2.24, 2.45) is 5.92 Å². The van der Waals surface area contributed by atoms with Gasteiger partial charge < -0.3 is 14.7 Å². The fourth-order valence-corrected chi connectivity index (χ4v) is 3.80. The molecule has 0 aromatic heterocycles. The number of carbonyl (C=O) groups is 1. The topological polar surface area (TPSA) is 53.0 Å². The highest BCUT2D eigenvalue weighted by Gasteiger charge is 2.32. The van der Waals surface area contributed by atoms with Crippen molar-refractivity contribution in [3.05, 3.63) is 28.5 Å². The summed E-state index contributed by atoms with van der Waals surface area (Å²) in [5, 5.41) is 9.28. The van der Waals surface area contributed by atoms with Gasteiger partial charge in [-0.15, -0.1) is 0 Å². The zero-order valence-electron chi connectivity index (χ0n) is 14.4. The summed E-state index contributed by atoms with van der Waals surface area (Å²) in [6.07, 6.45) is 2.92. The van der Waals surface area contributed by atoms with Gasteiger partial charge in [-0.05, 0) is 50.8 Å². The Hall–Kier alpha value is -1.53. The largest absolute Gasteiger partial charge is 0.490 e. The normalized spacial score (nSPS) is 23.3. The van der Waals surface area contributed by atoms with E-state index in [4.69, 9.17) is 21.4 Å². The average molecular weight is 371 g/mol. The van der Waals surface area contributed by atoms with Crippen LogP contribution in [0.1, 0.15) is 31.2 Å². The van der Waals surface area contributed by atoms with Gasteiger partial charge in [-0.2, -0.15) is 0 Å². The number of nitrogens with zero attached hydrogens (tertiary/aromatic N) is 2. The number of benzene rings is 1. The maximum absolute atomic E-state index is 14.4. The Labute approximate surface area is 152 Å². The number of hydrogen-bond donors (Lipinski definition) is 1. The van der Waals surface area contributed by atoms with Gasteiger partial charge in [0.2, 0.25) is 0 Å². The van der Waals surface area contributed by atoms with Crippen LogP contribution in [0, 0.1) is 11.7 Å². The molecule has 1 amide bonds. The molecule has 1 aliphatic heterocycles. The number of carboxylic acid groups (broad SMARTS) is 1. The zero-order valence-corrected chi connectivity index (χ0v) is 15.1. The fourth-order valence-electron chi connectivity index (χ4n) is 3.54. The van der Waals surface area contributed by atoms with Crippen molar-refractivity contribution in [2.45, 2.75) is 38.3 Å². The predicted octanol–water partition coefficient (Wildman–Crippen LogP) is 3.84. The Morgan fingerprint density at radius 2 is 2.08 bits per heavy atom. The third-order valence-corrected chi connectivity index (χ3v) is 5.39. The second kappa shape index (κ2) is 7.79. The first kappa shape index (κ1) is 18.3. The van der Waals surface area contributed by atoms with E-state index in [1.54, 1.807) is 13.1 Å². The minimum atomic E-state index is -0.924. The van der Waals surface area contributed by atoms with Gasteiger partial charge in [-0.1, -0.05) is 11.6 Å². The Bertz CT molecular complexity index is 608. The Kier molecular flexibility index (Phi) is 5.69. The summed E-state index contributed by atoms with van der Waals surface area (Å²) in [5.41, 5.74) is 0.533. The quantitative estimate of drug-likeness (QED) is 0.826. The fraction of sp³-hybridized carbons (Fsp3) is 0.611. The van der Waals surface area contributed by atoms with E-state index in [0.29, 0.717) is 35.3 Å². The lowest BCUT2D eigenvalue weighted by molar-refractivity contribution is 0.0472. The lowest BCUT2D eigenvalue weighted by atomic mass is 9.82. The van der Waals surface area contributed by atoms with Crippen molar-refractivity contribution in [3.63, 3.8) is 0 Å². The number of rotatable bonds is 6. The molecule has 0 radical (unpaired) electrons. The van der Waals surface area contributed by atoms with Gasteiger partial charge in [0.15, 0.2) is 0 Å². The molecule has 2 fully saturated rings. The summed E-state index contributed by atoms with van der Waals surface area (Å²) in [5.74, 6) is 0.416. The third-order valence-electron chi connectivity index (χ3n) is 5.05. The van der Waals surface area contributed by atoms with E-state index >= 15 is 0 Å². The molecular formula is C18H24ClFN2O3. The van der Waals surface area contributed by atoms with E-state index in [9.17, 15) is 9.18 Å². The van der Waals surface area contributed by atoms with Crippen molar-refractivity contribution in [1.82, 2.24) is 9.80 Å². The van der Waals surface area contributed by atoms with Crippen LogP contribution in [0.15, 0.2) is 12.1 Å². The van der Waals surface area contributed by atoms with Crippen LogP contribution < -0.4 is 4.74 Å². The summed E-state index contributed by atoms with van der Waals surface area (Å²) in [4.78, 5) is 14.3. The van der Waals surface area contributed by atoms with Crippen molar-refractivity contribution in [1.29, 1.82) is 0 Å². The smallest absolute Gasteiger partial charge is 0.407 e. The van der Waals surface area contributed by atoms with E-state index in [1.807, 2.05) is 0 Å². The predicted molar refractivity (Wildman–Crippen MR) is 93.7 cm³/mol. The van der Waals surface area contributed by atoms with Crippen molar-refractivity contribution in [2.75, 3.05) is 26.7 Å². The average Bonchev–Trinajstić information content (AvgIpc) is 3.01. The number of amides is 1. The van der Waals surface area contributed by atoms with Gasteiger partial charge >= 0.3 is 6.09 Å². The molecule has 1 N–H and O–H groups in total. The molecule has 7 heteroatoms. The molecular weight excluding hydrogens is 347 g/mol. The summed E-state index contributed by atoms with van der Waals surface area (Å²) in [7, 11) is 1.56. The maximum atomic E-state index is 14.4. The van der Waals surface area contributed by atoms with Crippen LogP contribution in [0.25, 0.3) is 0 Å². The van der Waals surface area contributed by atoms with Crippen LogP contribution in [0.4, 0.5) is 9.18 Å². The second-order valence-electron chi connectivity index (χ2n) is 7.09. The highest BCUT2D eigenvalue weighted by molar-refractivity contribution is 6.31. The molecule has 0 bridgehead atoms. The van der Waals surface area contributed by atoms with Crippen LogP contribution in [-0.4, -0.2) is 53.8 Å². The number of hydrogen-bond acceptors (Lipinski definition) is 3. The van der Waals surface area contributed by atoms with Crippen molar-refractivity contribution >= 4 is 17.7 Å². The SMILES string of the molecule is CN(CC1CC(Oc2cc(F)c(CN3CCCC3)c(Cl)c2)C1)C(=O)O. The van der Waals surface area contributed by atoms with Crippen LogP contribution in [0.2, 0.25) is 5.02 Å². The molecule has 0 atom stereocenters. The molecule has 1 heterocycles. The number of halogens is 2. The lowest BCUT2D eigenvalue weighted by Gasteiger charge is -2.37. The molecule has 1 aliphatic carbocycles. The summed E-state index contributed by atoms with van der Waals surface area (Å²) in [6, 6.07) is 3.10. The van der Waals surface area contributed by atoms with Gasteiger partial charge in [0.05, 0.1) is 11.1 Å². The Morgan fingerprint density at radius 3 is 2.68 bits per heavy atom. The van der Waals surface area contributed by atoms with Crippen LogP contribution in [-0.2, 0) is 6.54 Å². The van der Waals surface area contributed by atoms with E-state index in [0.717, 1.165) is 38.8 Å². The van der Waals surface area contributed by atoms with E-state index in [2.05, 4.69) is 4.90 Å². The third kappa shape index (κ3) is 4.55. The van der Waals surface area contributed by atoms with Crippen LogP contribution >= 0.6 is 11.6 Å². The number of ether oxygens (including phenoxy) is 1. The van der Waals surface area contributed by atoms with Gasteiger partial charge in [0.1, 0.15) is 11.6 Å². The molecule has 1 aromatic carbocycles. The maximum Gasteiger partial charge on any atom is 0.407 e. The zero-order chi connectivity index (χ0) is 18.0. The summed E-state index contributed by atoms with van der Waals surface area (Å²) in [6.45, 7) is 3.02. The lowest BCUT2D eigenvalue weighted by Crippen LogP contribution is -2.41. The van der Waals surface area contributed by atoms with Gasteiger partial charge in [-0.25, -0.2) is 9.18 Å². The molecule has 25 heavy (non-hydrogen) atoms. The second-order valence-corrected chi connectivity index (χ2v) is 7.50. The van der Waals surface area contributed by atoms with Crippen molar-refractivity contribution in [3.8, 4) is 5.75 Å². The molecule has 0 spiro atoms. The highest BCUT2D eigenvalue weighted by Crippen LogP contribution is 2.34. The van der Waals surface area contributed by atoms with E-state index in [1.165, 1.54) is 11.0 Å². The minimum absolute atomic E-state index is 0.00732. The van der Waals surface area contributed by atoms with Gasteiger partial charge in [-0.3, -0.25) is 4.90 Å². The molecule has 3 rings (SSSR count). The minimum Gasteiger partial charge on any atom is -0.490 e. The standard InChI is InChI=1S/C18H24ClFN2O3/c1-21(18(23)24)10-12-6-13(7-12)25-14-8-16(19)15(17(20)9-14)11-22-4-2-3-5-22/h8-9,12-13H,2-7,10-11H2,1H3,(H,23,24). The first-order valence-electron chi connectivity index (χ1n) is 8.73. The summed E-state index contributed by atoms with van der Waals surface area (Å²) >= 11 is 6.27. The molecule has 138 valence electrons. The van der Waals surface area contributed by atoms with Gasteiger partial charge in [0.25, 0.3) is 0 Å². The molecule has 5 nitrogen and oxygen atoms in total. The molecule has 1 aromatic rings. The van der Waals surface area contributed by atoms with Crippen molar-refractivity contribution < 1.29 is 19.0 Å². The molecule has 2 aliphatic rings. The summed E-state index contributed by atoms with van der Waals surface area (Å²) < 4.78 is 20.2. The monoisotopic (exact) mass is 370 g/mol. The Balaban J connectivity index is 1.53. The van der Waals surface area contributed by atoms with Gasteiger partial charge in [0, 0.05) is 31.8 Å². The first-order chi connectivity index (χ1) is 11.9. The first-order valence-corrected chi connectivity index (χ1v) is 9.11. The van der Waals surface area contributed by atoms with Crippen LogP contribution in [0.5, 0.6) is 5.75 Å². The molecule has 0 unspecified atom stereocenters.